The average molecular weight is 473 g/mol. The second-order valence-corrected chi connectivity index (χ2v) is 6.25. The van der Waals surface area contributed by atoms with Gasteiger partial charge in [0, 0.05) is 13.8 Å². The number of nitro groups is 1. The Labute approximate surface area is 131 Å². The Hall–Kier alpha value is -1.70. The molecule has 1 rings (SSSR count). The summed E-state index contributed by atoms with van der Waals surface area (Å²) in [5.41, 5.74) is 0.779. The number of nitro benzene ring substituents is 1. The SMILES string of the molecule is CC(=O)O.CC(=O)O.Cc1c(O)ccc([N+](=O)[O-])[c]1[Hg]. The van der Waals surface area contributed by atoms with Crippen molar-refractivity contribution in [2.75, 3.05) is 0 Å². The van der Waals surface area contributed by atoms with E-state index in [0.29, 0.717) is 8.64 Å². The van der Waals surface area contributed by atoms with Crippen LogP contribution in [-0.4, -0.2) is 32.2 Å². The van der Waals surface area contributed by atoms with Gasteiger partial charge in [-0.05, 0) is 0 Å². The second kappa shape index (κ2) is 10.1. The van der Waals surface area contributed by atoms with Gasteiger partial charge in [-0.3, -0.25) is 9.59 Å². The summed E-state index contributed by atoms with van der Waals surface area (Å²) < 4.78 is 0.708. The number of carboxylic acids is 2. The molecule has 0 unspecified atom stereocenters. The number of rotatable bonds is 1. The van der Waals surface area contributed by atoms with Gasteiger partial charge in [-0.15, -0.1) is 0 Å². The molecule has 0 aliphatic carbocycles. The molecule has 0 atom stereocenters. The monoisotopic (exact) mass is 474 g/mol. The topological polar surface area (TPSA) is 138 Å². The molecule has 0 spiro atoms. The minimum absolute atomic E-state index is 0.133. The third kappa shape index (κ3) is 10.2. The molecular weight excluding hydrogens is 459 g/mol. The molecular formula is C11H14HgNO7. The molecule has 0 saturated heterocycles. The molecule has 0 aromatic heterocycles. The first kappa shape index (κ1) is 20.6. The van der Waals surface area contributed by atoms with Crippen molar-refractivity contribution in [3.05, 3.63) is 27.8 Å². The third-order valence-electron chi connectivity index (χ3n) is 1.74. The molecule has 0 bridgehead atoms. The molecule has 107 valence electrons. The van der Waals surface area contributed by atoms with E-state index in [1.807, 2.05) is 0 Å². The number of hydrogen-bond acceptors (Lipinski definition) is 5. The summed E-state index contributed by atoms with van der Waals surface area (Å²) in [6.07, 6.45) is 0. The zero-order valence-corrected chi connectivity index (χ0v) is 16.8. The first-order valence-corrected chi connectivity index (χ1v) is 7.93. The minimum atomic E-state index is -0.833. The quantitative estimate of drug-likeness (QED) is 0.314. The Bertz CT molecular complexity index is 482. The van der Waals surface area contributed by atoms with Crippen LogP contribution in [0.15, 0.2) is 12.1 Å². The van der Waals surface area contributed by atoms with Crippen LogP contribution in [0.4, 0.5) is 5.69 Å². The number of carboxylic acid groups (broad SMARTS) is 2. The van der Waals surface area contributed by atoms with Crippen LogP contribution in [0.5, 0.6) is 5.75 Å². The summed E-state index contributed by atoms with van der Waals surface area (Å²) in [4.78, 5) is 28.0. The number of phenols is 1. The van der Waals surface area contributed by atoms with Gasteiger partial charge < -0.3 is 10.2 Å². The maximum absolute atomic E-state index is 10.4. The Morgan fingerprint density at radius 2 is 1.55 bits per heavy atom. The molecule has 1 aromatic carbocycles. The number of nitrogens with zero attached hydrogens (tertiary/aromatic N) is 1. The van der Waals surface area contributed by atoms with Gasteiger partial charge >= 0.3 is 85.4 Å². The molecule has 9 heteroatoms. The van der Waals surface area contributed by atoms with Crippen LogP contribution in [0.3, 0.4) is 0 Å². The first-order chi connectivity index (χ1) is 9.00. The number of carbonyl (C=O) groups is 2. The fourth-order valence-electron chi connectivity index (χ4n) is 0.901. The molecule has 0 radical (unpaired) electrons. The fourth-order valence-corrected chi connectivity index (χ4v) is 2.57. The van der Waals surface area contributed by atoms with E-state index in [1.54, 1.807) is 6.92 Å². The molecule has 0 aliphatic rings. The summed E-state index contributed by atoms with van der Waals surface area (Å²) in [5.74, 6) is -1.52. The van der Waals surface area contributed by atoms with Crippen LogP contribution in [0.2, 0.25) is 0 Å². The van der Waals surface area contributed by atoms with E-state index in [9.17, 15) is 15.2 Å². The van der Waals surface area contributed by atoms with Gasteiger partial charge in [0.05, 0.1) is 0 Å². The molecule has 0 amide bonds. The summed E-state index contributed by atoms with van der Waals surface area (Å²) in [6, 6.07) is 2.72. The Morgan fingerprint density at radius 1 is 1.20 bits per heavy atom. The Kier molecular flexibility index (Phi) is 10.4. The van der Waals surface area contributed by atoms with E-state index in [4.69, 9.17) is 19.8 Å². The Balaban J connectivity index is 0. The summed E-state index contributed by atoms with van der Waals surface area (Å²) >= 11 is 0.154. The summed E-state index contributed by atoms with van der Waals surface area (Å²) in [6.45, 7) is 3.87. The van der Waals surface area contributed by atoms with Gasteiger partial charge in [0.25, 0.3) is 11.9 Å². The van der Waals surface area contributed by atoms with Crippen LogP contribution in [0, 0.1) is 17.0 Å². The standard InChI is InChI=1S/C7H6NO3.2C2H4O2.Hg/c1-5-4-6(8(10)11)2-3-7(5)9;2*1-2(3)4;/h2-3,9H,1H3;2*1H3,(H,3,4);. The summed E-state index contributed by atoms with van der Waals surface area (Å²) in [5, 5.41) is 34.5. The third-order valence-corrected chi connectivity index (χ3v) is 5.21. The van der Waals surface area contributed by atoms with Crippen molar-refractivity contribution in [3.8, 4) is 5.75 Å². The van der Waals surface area contributed by atoms with Crippen molar-refractivity contribution in [2.24, 2.45) is 0 Å². The molecule has 3 N–H and O–H groups in total. The normalized spacial score (nSPS) is 8.45. The van der Waals surface area contributed by atoms with Crippen molar-refractivity contribution in [2.45, 2.75) is 20.8 Å². The number of phenolic OH excluding ortho intramolecular Hbond substituents is 1. The molecule has 1 aromatic rings. The summed E-state index contributed by atoms with van der Waals surface area (Å²) in [7, 11) is 0. The number of hydrogen-bond donors (Lipinski definition) is 3. The first-order valence-electron chi connectivity index (χ1n) is 5.18. The molecule has 8 nitrogen and oxygen atoms in total. The van der Waals surface area contributed by atoms with E-state index >= 15 is 0 Å². The number of benzene rings is 1. The van der Waals surface area contributed by atoms with Crippen LogP contribution in [0.1, 0.15) is 19.4 Å². The molecule has 0 saturated carbocycles. The van der Waals surface area contributed by atoms with Crippen LogP contribution < -0.4 is 3.07 Å². The van der Waals surface area contributed by atoms with E-state index in [0.717, 1.165) is 13.8 Å². The van der Waals surface area contributed by atoms with E-state index in [2.05, 4.69) is 0 Å². The predicted molar refractivity (Wildman–Crippen MR) is 65.8 cm³/mol. The maximum atomic E-state index is 10.4. The van der Waals surface area contributed by atoms with Gasteiger partial charge in [-0.2, -0.15) is 0 Å². The van der Waals surface area contributed by atoms with Crippen molar-refractivity contribution >= 4 is 20.7 Å². The van der Waals surface area contributed by atoms with E-state index < -0.39 is 16.9 Å². The number of aliphatic carboxylic acids is 2. The van der Waals surface area contributed by atoms with Gasteiger partial charge in [0.1, 0.15) is 0 Å². The van der Waals surface area contributed by atoms with Gasteiger partial charge in [-0.25, -0.2) is 0 Å². The van der Waals surface area contributed by atoms with Gasteiger partial charge in [-0.1, -0.05) is 0 Å². The van der Waals surface area contributed by atoms with Crippen LogP contribution in [0.25, 0.3) is 0 Å². The van der Waals surface area contributed by atoms with Crippen LogP contribution in [-0.2, 0) is 35.7 Å². The van der Waals surface area contributed by atoms with Gasteiger partial charge in [0.2, 0.25) is 0 Å². The zero-order valence-electron chi connectivity index (χ0n) is 11.3. The van der Waals surface area contributed by atoms with Crippen molar-refractivity contribution < 1.29 is 56.0 Å². The van der Waals surface area contributed by atoms with Crippen molar-refractivity contribution in [1.82, 2.24) is 0 Å². The van der Waals surface area contributed by atoms with Gasteiger partial charge in [0.15, 0.2) is 0 Å². The average Bonchev–Trinajstić information content (AvgIpc) is 2.24. The molecule has 0 fully saturated rings. The fraction of sp³-hybridized carbons (Fsp3) is 0.273. The zero-order chi connectivity index (χ0) is 16.5. The number of aromatic hydroxyl groups is 1. The molecule has 0 aliphatic heterocycles. The second-order valence-electron chi connectivity index (χ2n) is 3.50. The predicted octanol–water partition coefficient (Wildman–Crippen LogP) is 0.963. The molecule has 0 heterocycles. The van der Waals surface area contributed by atoms with Crippen molar-refractivity contribution in [1.29, 1.82) is 0 Å². The van der Waals surface area contributed by atoms with Crippen molar-refractivity contribution in [3.63, 3.8) is 0 Å². The molecule has 20 heavy (non-hydrogen) atoms. The Morgan fingerprint density at radius 3 is 1.85 bits per heavy atom. The van der Waals surface area contributed by atoms with E-state index in [1.165, 1.54) is 12.1 Å². The van der Waals surface area contributed by atoms with E-state index in [-0.39, 0.29) is 37.6 Å². The van der Waals surface area contributed by atoms with Crippen LogP contribution >= 0.6 is 0 Å².